The van der Waals surface area contributed by atoms with Gasteiger partial charge >= 0.3 is 0 Å². The molecule has 0 aromatic rings. The predicted molar refractivity (Wildman–Crippen MR) is 49.3 cm³/mol. The summed E-state index contributed by atoms with van der Waals surface area (Å²) in [4.78, 5) is 0. The molecule has 0 aromatic carbocycles. The molecule has 1 atom stereocenters. The van der Waals surface area contributed by atoms with E-state index in [1.165, 1.54) is 19.3 Å². The van der Waals surface area contributed by atoms with E-state index < -0.39 is 0 Å². The Balaban J connectivity index is 0.000000371. The van der Waals surface area contributed by atoms with E-state index in [1.807, 2.05) is 0 Å². The van der Waals surface area contributed by atoms with Crippen LogP contribution in [0.5, 0.6) is 0 Å². The van der Waals surface area contributed by atoms with Gasteiger partial charge in [0.05, 0.1) is 9.52 Å². The summed E-state index contributed by atoms with van der Waals surface area (Å²) in [5.41, 5.74) is 0.726. The minimum atomic E-state index is 0.146. The second kappa shape index (κ2) is 7.03. The maximum absolute atomic E-state index is 5.49. The first-order valence-electron chi connectivity index (χ1n) is 4.05. The third-order valence-corrected chi connectivity index (χ3v) is 3.28. The van der Waals surface area contributed by atoms with Crippen LogP contribution in [0.1, 0.15) is 19.3 Å². The van der Waals surface area contributed by atoms with Crippen molar-refractivity contribution in [2.75, 3.05) is 6.61 Å². The van der Waals surface area contributed by atoms with Crippen molar-refractivity contribution in [2.24, 2.45) is 0 Å². The molecule has 1 saturated heterocycles. The maximum Gasteiger partial charge on any atom is 0.0525 e. The molecular weight excluding hydrogens is 140 g/mol. The number of hydrogen-bond acceptors (Lipinski definition) is 1. The van der Waals surface area contributed by atoms with Gasteiger partial charge in [0, 0.05) is 12.3 Å². The van der Waals surface area contributed by atoms with Crippen molar-refractivity contribution in [3.05, 3.63) is 13.2 Å². The van der Waals surface area contributed by atoms with Gasteiger partial charge in [-0.15, -0.1) is 13.2 Å². The Bertz CT molecular complexity index is 69.7. The summed E-state index contributed by atoms with van der Waals surface area (Å²) in [6.07, 6.45) is 4.05. The normalized spacial score (nSPS) is 25.9. The lowest BCUT2D eigenvalue weighted by atomic mass is 10.2. The van der Waals surface area contributed by atoms with E-state index in [-0.39, 0.29) is 9.52 Å². The molecule has 1 rings (SSSR count). The molecule has 1 heterocycles. The summed E-state index contributed by atoms with van der Waals surface area (Å²) in [6.45, 7) is 9.36. The molecule has 0 aromatic heterocycles. The average molecular weight is 158 g/mol. The molecule has 0 N–H and O–H groups in total. The Morgan fingerprint density at radius 3 is 2.40 bits per heavy atom. The zero-order valence-corrected chi connectivity index (χ0v) is 8.35. The highest BCUT2D eigenvalue weighted by molar-refractivity contribution is 6.35. The molecule has 0 spiro atoms. The van der Waals surface area contributed by atoms with E-state index in [2.05, 4.69) is 19.7 Å². The van der Waals surface area contributed by atoms with E-state index in [0.717, 1.165) is 12.3 Å². The Kier molecular flexibility index (Phi) is 6.97. The lowest BCUT2D eigenvalue weighted by Gasteiger charge is -2.20. The van der Waals surface area contributed by atoms with Crippen molar-refractivity contribution in [3.8, 4) is 0 Å². The van der Waals surface area contributed by atoms with Gasteiger partial charge in [0.2, 0.25) is 0 Å². The van der Waals surface area contributed by atoms with Crippen molar-refractivity contribution in [1.82, 2.24) is 0 Å². The molecule has 1 aliphatic heterocycles. The first kappa shape index (κ1) is 9.92. The van der Waals surface area contributed by atoms with Gasteiger partial charge in [-0.3, -0.25) is 0 Å². The van der Waals surface area contributed by atoms with Crippen LogP contribution in [-0.4, -0.2) is 21.9 Å². The Hall–Kier alpha value is -0.0831. The van der Waals surface area contributed by atoms with E-state index in [9.17, 15) is 0 Å². The fraction of sp³-hybridized carbons (Fsp3) is 0.750. The quantitative estimate of drug-likeness (QED) is 0.415. The first-order chi connectivity index (χ1) is 4.93. The Morgan fingerprint density at radius 2 is 2.10 bits per heavy atom. The fourth-order valence-corrected chi connectivity index (χ4v) is 2.23. The van der Waals surface area contributed by atoms with E-state index >= 15 is 0 Å². The third-order valence-electron chi connectivity index (χ3n) is 1.73. The van der Waals surface area contributed by atoms with Crippen LogP contribution < -0.4 is 0 Å². The first-order valence-corrected chi connectivity index (χ1v) is 6.28. The summed E-state index contributed by atoms with van der Waals surface area (Å²) in [7, 11) is 0.146. The Morgan fingerprint density at radius 1 is 1.40 bits per heavy atom. The van der Waals surface area contributed by atoms with Crippen molar-refractivity contribution >= 4 is 9.52 Å². The highest BCUT2D eigenvalue weighted by Crippen LogP contribution is 2.10. The van der Waals surface area contributed by atoms with Crippen molar-refractivity contribution in [1.29, 1.82) is 0 Å². The summed E-state index contributed by atoms with van der Waals surface area (Å²) in [5, 5.41) is 0. The van der Waals surface area contributed by atoms with Gasteiger partial charge in [-0.25, -0.2) is 0 Å². The number of ether oxygens (including phenoxy) is 1. The minimum Gasteiger partial charge on any atom is -0.382 e. The van der Waals surface area contributed by atoms with Crippen LogP contribution in [0.2, 0.25) is 6.55 Å². The number of hydrogen-bond donors (Lipinski definition) is 0. The van der Waals surface area contributed by atoms with Crippen molar-refractivity contribution in [3.63, 3.8) is 0 Å². The number of rotatable bonds is 1. The standard InChI is InChI=1S/C6H14OSi.C2H4/c1-8-6-4-2-3-5-7-6;1-2/h6H,2-5,8H2,1H3;1-2H2. The highest BCUT2D eigenvalue weighted by Gasteiger charge is 2.10. The van der Waals surface area contributed by atoms with Crippen LogP contribution in [0.4, 0.5) is 0 Å². The molecule has 60 valence electrons. The maximum atomic E-state index is 5.49. The molecule has 0 radical (unpaired) electrons. The van der Waals surface area contributed by atoms with Gasteiger partial charge in [0.1, 0.15) is 0 Å². The van der Waals surface area contributed by atoms with Crippen LogP contribution in [-0.2, 0) is 4.74 Å². The van der Waals surface area contributed by atoms with Crippen LogP contribution in [0.25, 0.3) is 0 Å². The summed E-state index contributed by atoms with van der Waals surface area (Å²) in [6, 6.07) is 0. The van der Waals surface area contributed by atoms with Crippen LogP contribution >= 0.6 is 0 Å². The van der Waals surface area contributed by atoms with Crippen LogP contribution in [0.3, 0.4) is 0 Å². The summed E-state index contributed by atoms with van der Waals surface area (Å²) < 4.78 is 5.49. The molecule has 1 unspecified atom stereocenters. The second-order valence-corrected chi connectivity index (χ2v) is 4.12. The van der Waals surface area contributed by atoms with Gasteiger partial charge in [-0.2, -0.15) is 0 Å². The summed E-state index contributed by atoms with van der Waals surface area (Å²) >= 11 is 0. The van der Waals surface area contributed by atoms with Gasteiger partial charge in [0.15, 0.2) is 0 Å². The highest BCUT2D eigenvalue weighted by atomic mass is 28.2. The summed E-state index contributed by atoms with van der Waals surface area (Å²) in [5.74, 6) is 0. The molecule has 1 aliphatic rings. The largest absolute Gasteiger partial charge is 0.382 e. The minimum absolute atomic E-state index is 0.146. The molecule has 1 nitrogen and oxygen atoms in total. The van der Waals surface area contributed by atoms with Crippen LogP contribution in [0, 0.1) is 0 Å². The van der Waals surface area contributed by atoms with Gasteiger partial charge in [-0.05, 0) is 19.3 Å². The van der Waals surface area contributed by atoms with Gasteiger partial charge in [0.25, 0.3) is 0 Å². The molecule has 0 saturated carbocycles. The second-order valence-electron chi connectivity index (χ2n) is 2.40. The monoisotopic (exact) mass is 158 g/mol. The van der Waals surface area contributed by atoms with E-state index in [0.29, 0.717) is 0 Å². The van der Waals surface area contributed by atoms with Crippen molar-refractivity contribution in [2.45, 2.75) is 31.5 Å². The fourth-order valence-electron chi connectivity index (χ4n) is 1.13. The molecule has 0 amide bonds. The lowest BCUT2D eigenvalue weighted by Crippen LogP contribution is -2.23. The van der Waals surface area contributed by atoms with Crippen LogP contribution in [0.15, 0.2) is 13.2 Å². The smallest absolute Gasteiger partial charge is 0.0525 e. The van der Waals surface area contributed by atoms with E-state index in [4.69, 9.17) is 4.74 Å². The molecule has 0 aliphatic carbocycles. The van der Waals surface area contributed by atoms with Crippen molar-refractivity contribution < 1.29 is 4.74 Å². The molecule has 10 heavy (non-hydrogen) atoms. The zero-order chi connectivity index (χ0) is 7.82. The lowest BCUT2D eigenvalue weighted by molar-refractivity contribution is 0.0655. The predicted octanol–water partition coefficient (Wildman–Crippen LogP) is 1.53. The van der Waals surface area contributed by atoms with Gasteiger partial charge < -0.3 is 4.74 Å². The zero-order valence-electron chi connectivity index (χ0n) is 6.94. The molecule has 1 fully saturated rings. The third kappa shape index (κ3) is 3.85. The topological polar surface area (TPSA) is 9.23 Å². The van der Waals surface area contributed by atoms with E-state index in [1.54, 1.807) is 0 Å². The average Bonchev–Trinajstić information content (AvgIpc) is 2.10. The molecule has 0 bridgehead atoms. The van der Waals surface area contributed by atoms with Gasteiger partial charge in [-0.1, -0.05) is 6.55 Å². The Labute approximate surface area is 66.3 Å². The molecule has 2 heteroatoms. The molecular formula is C8H18OSi. The SMILES string of the molecule is C=C.C[SiH2]C1CCCCO1.